The molecule has 5 nitrogen and oxygen atoms in total. The van der Waals surface area contributed by atoms with Crippen molar-refractivity contribution in [2.45, 2.75) is 38.3 Å². The van der Waals surface area contributed by atoms with Gasteiger partial charge in [0, 0.05) is 6.04 Å². The lowest BCUT2D eigenvalue weighted by atomic mass is 10.1. The van der Waals surface area contributed by atoms with E-state index in [4.69, 9.17) is 5.11 Å². The Balaban J connectivity index is 2.54. The van der Waals surface area contributed by atoms with E-state index in [-0.39, 0.29) is 17.5 Å². The summed E-state index contributed by atoms with van der Waals surface area (Å²) in [5.74, 6) is -0.619. The lowest BCUT2D eigenvalue weighted by Gasteiger charge is -2.25. The van der Waals surface area contributed by atoms with Crippen LogP contribution in [-0.4, -0.2) is 43.1 Å². The van der Waals surface area contributed by atoms with Gasteiger partial charge in [-0.1, -0.05) is 6.92 Å². The number of sulfone groups is 1. The molecule has 0 radical (unpaired) electrons. The van der Waals surface area contributed by atoms with Gasteiger partial charge in [0.1, 0.15) is 6.04 Å². The van der Waals surface area contributed by atoms with E-state index in [1.165, 1.54) is 0 Å². The highest BCUT2D eigenvalue weighted by Crippen LogP contribution is 2.13. The molecule has 1 fully saturated rings. The number of carboxylic acid groups (broad SMARTS) is 1. The Hall–Kier alpha value is -0.620. The Kier molecular flexibility index (Phi) is 4.10. The maximum Gasteiger partial charge on any atom is 0.320 e. The highest BCUT2D eigenvalue weighted by atomic mass is 32.2. The van der Waals surface area contributed by atoms with Crippen LogP contribution in [0.25, 0.3) is 0 Å². The van der Waals surface area contributed by atoms with Crippen molar-refractivity contribution < 1.29 is 18.3 Å². The van der Waals surface area contributed by atoms with Crippen LogP contribution in [0.15, 0.2) is 0 Å². The lowest BCUT2D eigenvalue weighted by molar-refractivity contribution is -0.139. The van der Waals surface area contributed by atoms with E-state index in [1.807, 2.05) is 0 Å². The summed E-state index contributed by atoms with van der Waals surface area (Å²) < 4.78 is 22.6. The second kappa shape index (κ2) is 4.94. The predicted octanol–water partition coefficient (Wildman–Crippen LogP) is 0.0164. The molecule has 6 heteroatoms. The minimum absolute atomic E-state index is 0.0663. The topological polar surface area (TPSA) is 83.5 Å². The molecule has 0 spiro atoms. The molecule has 0 aromatic rings. The first kappa shape index (κ1) is 12.4. The zero-order valence-corrected chi connectivity index (χ0v) is 9.59. The summed E-state index contributed by atoms with van der Waals surface area (Å²) in [5.41, 5.74) is 0. The smallest absolute Gasteiger partial charge is 0.320 e. The second-order valence-electron chi connectivity index (χ2n) is 3.92. The summed E-state index contributed by atoms with van der Waals surface area (Å²) in [7, 11) is -2.97. The standard InChI is InChI=1S/C9H17NO4S/c1-2-8(9(11)12)10-7-4-3-5-15(13,14)6-7/h7-8,10H,2-6H2,1H3,(H,11,12). The normalized spacial score (nSPS) is 27.1. The molecule has 1 aliphatic rings. The number of carbonyl (C=O) groups is 1. The van der Waals surface area contributed by atoms with Crippen molar-refractivity contribution in [3.8, 4) is 0 Å². The summed E-state index contributed by atoms with van der Waals surface area (Å²) >= 11 is 0. The molecule has 0 bridgehead atoms. The maximum atomic E-state index is 11.3. The quantitative estimate of drug-likeness (QED) is 0.717. The van der Waals surface area contributed by atoms with Crippen LogP contribution < -0.4 is 5.32 Å². The van der Waals surface area contributed by atoms with Gasteiger partial charge in [-0.3, -0.25) is 4.79 Å². The van der Waals surface area contributed by atoms with Gasteiger partial charge in [0.25, 0.3) is 0 Å². The molecule has 0 aliphatic carbocycles. The number of hydrogen-bond donors (Lipinski definition) is 2. The molecule has 0 saturated carbocycles. The third kappa shape index (κ3) is 3.79. The van der Waals surface area contributed by atoms with Gasteiger partial charge in [-0.2, -0.15) is 0 Å². The fraction of sp³-hybridized carbons (Fsp3) is 0.889. The third-order valence-corrected chi connectivity index (χ3v) is 4.43. The highest BCUT2D eigenvalue weighted by molar-refractivity contribution is 7.91. The van der Waals surface area contributed by atoms with Crippen molar-refractivity contribution >= 4 is 15.8 Å². The Morgan fingerprint density at radius 3 is 2.73 bits per heavy atom. The lowest BCUT2D eigenvalue weighted by Crippen LogP contribution is -2.48. The van der Waals surface area contributed by atoms with Crippen LogP contribution in [0.3, 0.4) is 0 Å². The first-order valence-corrected chi connectivity index (χ1v) is 6.96. The summed E-state index contributed by atoms with van der Waals surface area (Å²) in [6.07, 6.45) is 1.82. The van der Waals surface area contributed by atoms with Crippen molar-refractivity contribution in [1.29, 1.82) is 0 Å². The molecular weight excluding hydrogens is 218 g/mol. The Morgan fingerprint density at radius 2 is 2.27 bits per heavy atom. The van der Waals surface area contributed by atoms with Gasteiger partial charge < -0.3 is 10.4 Å². The van der Waals surface area contributed by atoms with E-state index in [0.717, 1.165) is 6.42 Å². The van der Waals surface area contributed by atoms with E-state index in [1.54, 1.807) is 6.92 Å². The molecule has 0 amide bonds. The molecule has 1 heterocycles. The van der Waals surface area contributed by atoms with Crippen molar-refractivity contribution in [1.82, 2.24) is 5.32 Å². The summed E-state index contributed by atoms with van der Waals surface area (Å²) in [5, 5.41) is 11.7. The molecule has 88 valence electrons. The van der Waals surface area contributed by atoms with Gasteiger partial charge in [-0.15, -0.1) is 0 Å². The van der Waals surface area contributed by atoms with E-state index >= 15 is 0 Å². The molecule has 15 heavy (non-hydrogen) atoms. The Morgan fingerprint density at radius 1 is 1.60 bits per heavy atom. The third-order valence-electron chi connectivity index (χ3n) is 2.61. The van der Waals surface area contributed by atoms with Crippen molar-refractivity contribution in [2.24, 2.45) is 0 Å². The predicted molar refractivity (Wildman–Crippen MR) is 56.5 cm³/mol. The number of carboxylic acids is 1. The molecule has 0 aromatic heterocycles. The second-order valence-corrected chi connectivity index (χ2v) is 6.15. The van der Waals surface area contributed by atoms with Crippen LogP contribution in [0.2, 0.25) is 0 Å². The number of aliphatic carboxylic acids is 1. The van der Waals surface area contributed by atoms with E-state index in [2.05, 4.69) is 5.32 Å². The van der Waals surface area contributed by atoms with Crippen LogP contribution in [0.5, 0.6) is 0 Å². The minimum atomic E-state index is -2.97. The van der Waals surface area contributed by atoms with Gasteiger partial charge in [-0.05, 0) is 19.3 Å². The van der Waals surface area contributed by atoms with Gasteiger partial charge in [-0.25, -0.2) is 8.42 Å². The van der Waals surface area contributed by atoms with E-state index in [9.17, 15) is 13.2 Å². The SMILES string of the molecule is CCC(NC1CCCS(=O)(=O)C1)C(=O)O. The fourth-order valence-electron chi connectivity index (χ4n) is 1.80. The average molecular weight is 235 g/mol. The van der Waals surface area contributed by atoms with Crippen molar-refractivity contribution in [2.75, 3.05) is 11.5 Å². The monoisotopic (exact) mass is 235 g/mol. The Bertz CT molecular complexity index is 325. The van der Waals surface area contributed by atoms with Gasteiger partial charge >= 0.3 is 5.97 Å². The summed E-state index contributed by atoms with van der Waals surface area (Å²) in [6.45, 7) is 1.77. The minimum Gasteiger partial charge on any atom is -0.480 e. The van der Waals surface area contributed by atoms with Crippen LogP contribution in [0, 0.1) is 0 Å². The van der Waals surface area contributed by atoms with Crippen LogP contribution >= 0.6 is 0 Å². The molecular formula is C9H17NO4S. The van der Waals surface area contributed by atoms with E-state index in [0.29, 0.717) is 12.8 Å². The summed E-state index contributed by atoms with van der Waals surface area (Å²) in [4.78, 5) is 10.8. The molecule has 1 aliphatic heterocycles. The fourth-order valence-corrected chi connectivity index (χ4v) is 3.45. The highest BCUT2D eigenvalue weighted by Gasteiger charge is 2.27. The Labute approximate surface area is 89.8 Å². The van der Waals surface area contributed by atoms with Crippen LogP contribution in [-0.2, 0) is 14.6 Å². The molecule has 1 rings (SSSR count). The van der Waals surface area contributed by atoms with Gasteiger partial charge in [0.15, 0.2) is 9.84 Å². The van der Waals surface area contributed by atoms with Crippen LogP contribution in [0.1, 0.15) is 26.2 Å². The summed E-state index contributed by atoms with van der Waals surface area (Å²) in [6, 6.07) is -0.840. The maximum absolute atomic E-state index is 11.3. The number of nitrogens with one attached hydrogen (secondary N) is 1. The van der Waals surface area contributed by atoms with Crippen molar-refractivity contribution in [3.63, 3.8) is 0 Å². The van der Waals surface area contributed by atoms with E-state index < -0.39 is 21.8 Å². The van der Waals surface area contributed by atoms with Gasteiger partial charge in [0.05, 0.1) is 11.5 Å². The largest absolute Gasteiger partial charge is 0.480 e. The zero-order chi connectivity index (χ0) is 11.5. The number of rotatable bonds is 4. The molecule has 2 atom stereocenters. The molecule has 0 aromatic carbocycles. The first-order valence-electron chi connectivity index (χ1n) is 5.14. The molecule has 2 N–H and O–H groups in total. The first-order chi connectivity index (χ1) is 6.94. The zero-order valence-electron chi connectivity index (χ0n) is 8.77. The van der Waals surface area contributed by atoms with Crippen LogP contribution in [0.4, 0.5) is 0 Å². The van der Waals surface area contributed by atoms with Gasteiger partial charge in [0.2, 0.25) is 0 Å². The van der Waals surface area contributed by atoms with Crippen molar-refractivity contribution in [3.05, 3.63) is 0 Å². The average Bonchev–Trinajstić information content (AvgIpc) is 2.12. The molecule has 2 unspecified atom stereocenters. The molecule has 1 saturated heterocycles. The number of hydrogen-bond acceptors (Lipinski definition) is 4.